The fourth-order valence-electron chi connectivity index (χ4n) is 1.47. The van der Waals surface area contributed by atoms with Crippen LogP contribution in [0.2, 0.25) is 18.1 Å². The monoisotopic (exact) mass is 297 g/mol. The Labute approximate surface area is 120 Å². The van der Waals surface area contributed by atoms with Gasteiger partial charge in [0.15, 0.2) is 8.32 Å². The van der Waals surface area contributed by atoms with Gasteiger partial charge in [-0.05, 0) is 29.8 Å². The van der Waals surface area contributed by atoms with Gasteiger partial charge in [-0.25, -0.2) is 0 Å². The Kier molecular flexibility index (Phi) is 5.07. The highest BCUT2D eigenvalue weighted by Crippen LogP contribution is 2.37. The standard InChI is InChI=1S/C14H23NO4Si/c1-14(2,3)20(4,5)19-10-12-7-6-11(9-16)8-13(12)15(17)18/h6-8,16H,9-10H2,1-5H3. The third-order valence-electron chi connectivity index (χ3n) is 3.92. The Bertz CT molecular complexity index is 494. The molecule has 0 fully saturated rings. The van der Waals surface area contributed by atoms with Crippen LogP contribution in [0, 0.1) is 10.1 Å². The van der Waals surface area contributed by atoms with Gasteiger partial charge in [0.05, 0.1) is 23.7 Å². The molecule has 0 saturated carbocycles. The van der Waals surface area contributed by atoms with E-state index in [1.807, 2.05) is 0 Å². The summed E-state index contributed by atoms with van der Waals surface area (Å²) >= 11 is 0. The van der Waals surface area contributed by atoms with E-state index < -0.39 is 13.2 Å². The number of hydrogen-bond acceptors (Lipinski definition) is 4. The van der Waals surface area contributed by atoms with Crippen LogP contribution in [0.4, 0.5) is 5.69 Å². The molecule has 112 valence electrons. The molecule has 1 rings (SSSR count). The van der Waals surface area contributed by atoms with Crippen molar-refractivity contribution in [2.75, 3.05) is 0 Å². The molecule has 0 aromatic heterocycles. The Morgan fingerprint density at radius 2 is 1.95 bits per heavy atom. The van der Waals surface area contributed by atoms with E-state index in [0.717, 1.165) is 0 Å². The van der Waals surface area contributed by atoms with Gasteiger partial charge in [-0.1, -0.05) is 26.8 Å². The van der Waals surface area contributed by atoms with Crippen molar-refractivity contribution in [2.24, 2.45) is 0 Å². The topological polar surface area (TPSA) is 72.6 Å². The van der Waals surface area contributed by atoms with Gasteiger partial charge in [-0.2, -0.15) is 0 Å². The Morgan fingerprint density at radius 3 is 2.40 bits per heavy atom. The maximum Gasteiger partial charge on any atom is 0.275 e. The lowest BCUT2D eigenvalue weighted by Gasteiger charge is -2.36. The highest BCUT2D eigenvalue weighted by atomic mass is 28.4. The normalized spacial score (nSPS) is 12.5. The fraction of sp³-hybridized carbons (Fsp3) is 0.571. The van der Waals surface area contributed by atoms with Gasteiger partial charge in [0.2, 0.25) is 0 Å². The number of nitro groups is 1. The molecule has 0 bridgehead atoms. The average Bonchev–Trinajstić information content (AvgIpc) is 2.34. The Hall–Kier alpha value is -1.24. The second kappa shape index (κ2) is 6.03. The molecule has 5 nitrogen and oxygen atoms in total. The lowest BCUT2D eigenvalue weighted by atomic mass is 10.1. The van der Waals surface area contributed by atoms with Gasteiger partial charge in [0.1, 0.15) is 0 Å². The third-order valence-corrected chi connectivity index (χ3v) is 8.40. The van der Waals surface area contributed by atoms with Crippen molar-refractivity contribution in [1.29, 1.82) is 0 Å². The highest BCUT2D eigenvalue weighted by molar-refractivity contribution is 6.74. The molecule has 0 radical (unpaired) electrons. The zero-order valence-electron chi connectivity index (χ0n) is 12.8. The molecule has 0 aliphatic carbocycles. The Morgan fingerprint density at radius 1 is 1.35 bits per heavy atom. The second-order valence-electron chi connectivity index (χ2n) is 6.43. The number of aliphatic hydroxyl groups excluding tert-OH is 1. The number of aliphatic hydroxyl groups is 1. The molecule has 1 N–H and O–H groups in total. The first-order valence-corrected chi connectivity index (χ1v) is 9.50. The van der Waals surface area contributed by atoms with Crippen LogP contribution >= 0.6 is 0 Å². The molecule has 20 heavy (non-hydrogen) atoms. The number of hydrogen-bond donors (Lipinski definition) is 1. The summed E-state index contributed by atoms with van der Waals surface area (Å²) in [4.78, 5) is 10.7. The molecule has 1 aromatic carbocycles. The molecule has 0 saturated heterocycles. The van der Waals surface area contributed by atoms with Crippen LogP contribution in [0.5, 0.6) is 0 Å². The molecule has 0 aliphatic rings. The summed E-state index contributed by atoms with van der Waals surface area (Å²) in [6.07, 6.45) is 0. The van der Waals surface area contributed by atoms with Crippen molar-refractivity contribution in [2.45, 2.75) is 52.1 Å². The van der Waals surface area contributed by atoms with Crippen LogP contribution in [-0.2, 0) is 17.6 Å². The zero-order chi connectivity index (χ0) is 15.6. The molecule has 0 amide bonds. The van der Waals surface area contributed by atoms with Gasteiger partial charge >= 0.3 is 0 Å². The minimum Gasteiger partial charge on any atom is -0.412 e. The number of nitrogens with zero attached hydrogens (tertiary/aromatic N) is 1. The summed E-state index contributed by atoms with van der Waals surface area (Å²) in [7, 11) is -1.94. The fourth-order valence-corrected chi connectivity index (χ4v) is 2.42. The summed E-state index contributed by atoms with van der Waals surface area (Å²) in [5, 5.41) is 20.2. The van der Waals surface area contributed by atoms with Crippen LogP contribution in [0.15, 0.2) is 18.2 Å². The maximum absolute atomic E-state index is 11.1. The van der Waals surface area contributed by atoms with Crippen LogP contribution in [0.3, 0.4) is 0 Å². The number of nitro benzene ring substituents is 1. The molecule has 0 aliphatic heterocycles. The summed E-state index contributed by atoms with van der Waals surface area (Å²) < 4.78 is 6.02. The Balaban J connectivity index is 2.96. The largest absolute Gasteiger partial charge is 0.412 e. The molecule has 6 heteroatoms. The van der Waals surface area contributed by atoms with Gasteiger partial charge in [0, 0.05) is 6.07 Å². The maximum atomic E-state index is 11.1. The molecule has 0 heterocycles. The predicted molar refractivity (Wildman–Crippen MR) is 81.0 cm³/mol. The number of rotatable bonds is 5. The third kappa shape index (κ3) is 3.88. The molecular formula is C14H23NO4Si. The smallest absolute Gasteiger partial charge is 0.275 e. The first-order chi connectivity index (χ1) is 9.08. The first-order valence-electron chi connectivity index (χ1n) is 6.59. The molecule has 0 unspecified atom stereocenters. The van der Waals surface area contributed by atoms with E-state index in [-0.39, 0.29) is 23.9 Å². The van der Waals surface area contributed by atoms with E-state index in [9.17, 15) is 10.1 Å². The quantitative estimate of drug-likeness (QED) is 0.512. The van der Waals surface area contributed by atoms with E-state index in [0.29, 0.717) is 11.1 Å². The van der Waals surface area contributed by atoms with Gasteiger partial charge in [-0.3, -0.25) is 10.1 Å². The van der Waals surface area contributed by atoms with Crippen LogP contribution < -0.4 is 0 Å². The zero-order valence-corrected chi connectivity index (χ0v) is 13.8. The van der Waals surface area contributed by atoms with E-state index in [2.05, 4.69) is 33.9 Å². The summed E-state index contributed by atoms with van der Waals surface area (Å²) in [6, 6.07) is 4.76. The van der Waals surface area contributed by atoms with Crippen LogP contribution in [0.25, 0.3) is 0 Å². The van der Waals surface area contributed by atoms with Crippen LogP contribution in [0.1, 0.15) is 31.9 Å². The lowest BCUT2D eigenvalue weighted by molar-refractivity contribution is -0.385. The van der Waals surface area contributed by atoms with E-state index in [1.54, 1.807) is 12.1 Å². The van der Waals surface area contributed by atoms with Crippen molar-refractivity contribution in [3.8, 4) is 0 Å². The molecular weight excluding hydrogens is 274 g/mol. The summed E-state index contributed by atoms with van der Waals surface area (Å²) in [5.41, 5.74) is 1.10. The van der Waals surface area contributed by atoms with Crippen LogP contribution in [-0.4, -0.2) is 18.3 Å². The van der Waals surface area contributed by atoms with Gasteiger partial charge in [0.25, 0.3) is 5.69 Å². The predicted octanol–water partition coefficient (Wildman–Crippen LogP) is 3.61. The second-order valence-corrected chi connectivity index (χ2v) is 11.2. The van der Waals surface area contributed by atoms with E-state index in [1.165, 1.54) is 6.07 Å². The minimum absolute atomic E-state index is 0.00950. The average molecular weight is 297 g/mol. The van der Waals surface area contributed by atoms with Gasteiger partial charge in [-0.15, -0.1) is 0 Å². The van der Waals surface area contributed by atoms with Crippen molar-refractivity contribution >= 4 is 14.0 Å². The van der Waals surface area contributed by atoms with E-state index >= 15 is 0 Å². The van der Waals surface area contributed by atoms with Crippen molar-refractivity contribution < 1.29 is 14.5 Å². The van der Waals surface area contributed by atoms with Crippen molar-refractivity contribution in [1.82, 2.24) is 0 Å². The van der Waals surface area contributed by atoms with E-state index in [4.69, 9.17) is 9.53 Å². The molecule has 0 spiro atoms. The number of benzene rings is 1. The van der Waals surface area contributed by atoms with Gasteiger partial charge < -0.3 is 9.53 Å². The summed E-state index contributed by atoms with van der Waals surface area (Å²) in [5.74, 6) is 0. The minimum atomic E-state index is -1.94. The van der Waals surface area contributed by atoms with Crippen molar-refractivity contribution in [3.05, 3.63) is 39.4 Å². The summed E-state index contributed by atoms with van der Waals surface area (Å²) in [6.45, 7) is 10.6. The lowest BCUT2D eigenvalue weighted by Crippen LogP contribution is -2.40. The highest BCUT2D eigenvalue weighted by Gasteiger charge is 2.37. The van der Waals surface area contributed by atoms with Crippen molar-refractivity contribution in [3.63, 3.8) is 0 Å². The SMILES string of the molecule is CC(C)(C)[Si](C)(C)OCc1ccc(CO)cc1[N+](=O)[O-]. The molecule has 0 atom stereocenters. The first kappa shape index (κ1) is 16.8. The molecule has 1 aromatic rings.